The van der Waals surface area contributed by atoms with E-state index in [0.717, 1.165) is 29.9 Å². The maximum absolute atomic E-state index is 6.16. The molecular weight excluding hydrogens is 483 g/mol. The SMILES string of the molecule is CN=C(NCc1ccnc(OC)c1)NCc1ccc(C)cc1OC1CCOC1.I. The maximum Gasteiger partial charge on any atom is 0.213 e. The van der Waals surface area contributed by atoms with Crippen molar-refractivity contribution in [2.24, 2.45) is 4.99 Å². The zero-order chi connectivity index (χ0) is 19.8. The van der Waals surface area contributed by atoms with Gasteiger partial charge >= 0.3 is 0 Å². The highest BCUT2D eigenvalue weighted by atomic mass is 127. The topological polar surface area (TPSA) is 77.0 Å². The molecule has 1 saturated heterocycles. The summed E-state index contributed by atoms with van der Waals surface area (Å²) in [6, 6.07) is 10.1. The summed E-state index contributed by atoms with van der Waals surface area (Å²) in [5, 5.41) is 6.66. The van der Waals surface area contributed by atoms with Crippen LogP contribution in [0, 0.1) is 6.92 Å². The molecule has 1 unspecified atom stereocenters. The van der Waals surface area contributed by atoms with Gasteiger partial charge in [0.05, 0.1) is 20.3 Å². The largest absolute Gasteiger partial charge is 0.488 e. The smallest absolute Gasteiger partial charge is 0.213 e. The molecule has 7 nitrogen and oxygen atoms in total. The van der Waals surface area contributed by atoms with Crippen LogP contribution in [-0.4, -0.2) is 44.4 Å². The van der Waals surface area contributed by atoms with Crippen LogP contribution in [0.4, 0.5) is 0 Å². The number of halogens is 1. The van der Waals surface area contributed by atoms with E-state index >= 15 is 0 Å². The number of aliphatic imine (C=N–C) groups is 1. The number of pyridine rings is 1. The van der Waals surface area contributed by atoms with Gasteiger partial charge in [0.25, 0.3) is 0 Å². The molecule has 0 radical (unpaired) electrons. The molecule has 1 aliphatic rings. The second-order valence-electron chi connectivity index (χ2n) is 6.70. The third-order valence-electron chi connectivity index (χ3n) is 4.54. The van der Waals surface area contributed by atoms with Crippen LogP contribution in [0.5, 0.6) is 11.6 Å². The molecule has 1 fully saturated rings. The Bertz CT molecular complexity index is 810. The second-order valence-corrected chi connectivity index (χ2v) is 6.70. The van der Waals surface area contributed by atoms with E-state index in [1.165, 1.54) is 5.56 Å². The molecule has 1 aromatic heterocycles. The lowest BCUT2D eigenvalue weighted by Gasteiger charge is -2.18. The summed E-state index contributed by atoms with van der Waals surface area (Å²) >= 11 is 0. The van der Waals surface area contributed by atoms with Gasteiger partial charge in [-0.05, 0) is 30.2 Å². The summed E-state index contributed by atoms with van der Waals surface area (Å²) in [4.78, 5) is 8.42. The fourth-order valence-corrected chi connectivity index (χ4v) is 2.96. The number of aryl methyl sites for hydroxylation is 1. The van der Waals surface area contributed by atoms with E-state index in [0.29, 0.717) is 31.5 Å². The zero-order valence-electron chi connectivity index (χ0n) is 17.1. The Hall–Kier alpha value is -2.07. The fourth-order valence-electron chi connectivity index (χ4n) is 2.96. The van der Waals surface area contributed by atoms with Crippen molar-refractivity contribution < 1.29 is 14.2 Å². The summed E-state index contributed by atoms with van der Waals surface area (Å²) in [7, 11) is 3.36. The average molecular weight is 512 g/mol. The Balaban J connectivity index is 0.00000300. The summed E-state index contributed by atoms with van der Waals surface area (Å²) in [6.45, 7) is 4.72. The molecule has 2 N–H and O–H groups in total. The molecule has 158 valence electrons. The number of hydrogen-bond donors (Lipinski definition) is 2. The highest BCUT2D eigenvalue weighted by Crippen LogP contribution is 2.23. The lowest BCUT2D eigenvalue weighted by Crippen LogP contribution is -2.36. The number of methoxy groups -OCH3 is 1. The van der Waals surface area contributed by atoms with E-state index in [-0.39, 0.29) is 30.1 Å². The van der Waals surface area contributed by atoms with Crippen LogP contribution in [0.25, 0.3) is 0 Å². The molecule has 0 spiro atoms. The van der Waals surface area contributed by atoms with Crippen molar-refractivity contribution in [3.8, 4) is 11.6 Å². The molecule has 2 aromatic rings. The number of rotatable bonds is 7. The Kier molecular flexibility index (Phi) is 9.46. The van der Waals surface area contributed by atoms with Gasteiger partial charge in [-0.25, -0.2) is 4.98 Å². The predicted molar refractivity (Wildman–Crippen MR) is 124 cm³/mol. The summed E-state index contributed by atoms with van der Waals surface area (Å²) < 4.78 is 16.7. The molecule has 8 heteroatoms. The van der Waals surface area contributed by atoms with E-state index in [4.69, 9.17) is 14.2 Å². The Morgan fingerprint density at radius 2 is 2.07 bits per heavy atom. The molecule has 1 aliphatic heterocycles. The van der Waals surface area contributed by atoms with Crippen molar-refractivity contribution in [3.63, 3.8) is 0 Å². The van der Waals surface area contributed by atoms with Crippen molar-refractivity contribution in [1.82, 2.24) is 15.6 Å². The van der Waals surface area contributed by atoms with Crippen LogP contribution in [-0.2, 0) is 17.8 Å². The normalized spacial score (nSPS) is 16.1. The van der Waals surface area contributed by atoms with Gasteiger partial charge in [0.15, 0.2) is 5.96 Å². The zero-order valence-corrected chi connectivity index (χ0v) is 19.4. The first-order valence-electron chi connectivity index (χ1n) is 9.45. The molecule has 3 rings (SSSR count). The number of nitrogens with one attached hydrogen (secondary N) is 2. The fraction of sp³-hybridized carbons (Fsp3) is 0.429. The van der Waals surface area contributed by atoms with E-state index < -0.39 is 0 Å². The third kappa shape index (κ3) is 7.04. The van der Waals surface area contributed by atoms with Gasteiger partial charge in [0.1, 0.15) is 11.9 Å². The quantitative estimate of drug-likeness (QED) is 0.338. The Morgan fingerprint density at radius 1 is 1.24 bits per heavy atom. The highest BCUT2D eigenvalue weighted by molar-refractivity contribution is 14.0. The van der Waals surface area contributed by atoms with E-state index in [2.05, 4.69) is 45.7 Å². The lowest BCUT2D eigenvalue weighted by molar-refractivity contribution is 0.140. The molecular formula is C21H29IN4O3. The summed E-state index contributed by atoms with van der Waals surface area (Å²) in [5.41, 5.74) is 3.33. The first-order chi connectivity index (χ1) is 13.7. The summed E-state index contributed by atoms with van der Waals surface area (Å²) in [5.74, 6) is 2.21. The maximum atomic E-state index is 6.16. The van der Waals surface area contributed by atoms with E-state index in [1.807, 2.05) is 12.1 Å². The minimum absolute atomic E-state index is 0. The highest BCUT2D eigenvalue weighted by Gasteiger charge is 2.18. The van der Waals surface area contributed by atoms with Crippen molar-refractivity contribution in [2.75, 3.05) is 27.4 Å². The number of benzene rings is 1. The van der Waals surface area contributed by atoms with Crippen LogP contribution >= 0.6 is 24.0 Å². The molecule has 0 aliphatic carbocycles. The van der Waals surface area contributed by atoms with Crippen LogP contribution < -0.4 is 20.1 Å². The minimum Gasteiger partial charge on any atom is -0.488 e. The lowest BCUT2D eigenvalue weighted by atomic mass is 10.1. The number of aromatic nitrogens is 1. The predicted octanol–water partition coefficient (Wildman–Crippen LogP) is 3.05. The van der Waals surface area contributed by atoms with Crippen molar-refractivity contribution >= 4 is 29.9 Å². The van der Waals surface area contributed by atoms with Gasteiger partial charge in [-0.15, -0.1) is 24.0 Å². The van der Waals surface area contributed by atoms with Crippen LogP contribution in [0.2, 0.25) is 0 Å². The Morgan fingerprint density at radius 3 is 2.79 bits per heavy atom. The van der Waals surface area contributed by atoms with Crippen LogP contribution in [0.3, 0.4) is 0 Å². The van der Waals surface area contributed by atoms with Crippen molar-refractivity contribution in [2.45, 2.75) is 32.5 Å². The molecule has 2 heterocycles. The second kappa shape index (κ2) is 11.8. The standard InChI is InChI=1S/C21H28N4O3.HI/c1-15-4-5-17(19(10-15)28-18-7-9-27-14-18)13-25-21(22-2)24-12-16-6-8-23-20(11-16)26-3;/h4-6,8,10-11,18H,7,9,12-14H2,1-3H3,(H2,22,24,25);1H. The molecule has 0 amide bonds. The first kappa shape index (κ1) is 23.2. The molecule has 0 bridgehead atoms. The Labute approximate surface area is 189 Å². The number of nitrogens with zero attached hydrogens (tertiary/aromatic N) is 2. The van der Waals surface area contributed by atoms with Gasteiger partial charge in [0, 0.05) is 44.4 Å². The van der Waals surface area contributed by atoms with Crippen LogP contribution in [0.1, 0.15) is 23.1 Å². The van der Waals surface area contributed by atoms with E-state index in [9.17, 15) is 0 Å². The number of guanidine groups is 1. The molecule has 29 heavy (non-hydrogen) atoms. The molecule has 1 atom stereocenters. The van der Waals surface area contributed by atoms with Gasteiger partial charge in [0.2, 0.25) is 5.88 Å². The van der Waals surface area contributed by atoms with Gasteiger partial charge in [-0.1, -0.05) is 12.1 Å². The number of ether oxygens (including phenoxy) is 3. The molecule has 0 saturated carbocycles. The number of hydrogen-bond acceptors (Lipinski definition) is 5. The van der Waals surface area contributed by atoms with Crippen molar-refractivity contribution in [1.29, 1.82) is 0 Å². The monoisotopic (exact) mass is 512 g/mol. The minimum atomic E-state index is 0. The third-order valence-corrected chi connectivity index (χ3v) is 4.54. The average Bonchev–Trinajstić information content (AvgIpc) is 3.22. The first-order valence-corrected chi connectivity index (χ1v) is 9.45. The van der Waals surface area contributed by atoms with Gasteiger partial charge in [-0.3, -0.25) is 4.99 Å². The van der Waals surface area contributed by atoms with E-state index in [1.54, 1.807) is 20.4 Å². The summed E-state index contributed by atoms with van der Waals surface area (Å²) in [6.07, 6.45) is 2.79. The molecule has 1 aromatic carbocycles. The van der Waals surface area contributed by atoms with Crippen LogP contribution in [0.15, 0.2) is 41.5 Å². The van der Waals surface area contributed by atoms with Crippen molar-refractivity contribution in [3.05, 3.63) is 53.2 Å². The van der Waals surface area contributed by atoms with Gasteiger partial charge in [-0.2, -0.15) is 0 Å². The van der Waals surface area contributed by atoms with Gasteiger partial charge < -0.3 is 24.8 Å².